The number of aromatic amines is 2. The van der Waals surface area contributed by atoms with Crippen LogP contribution in [0.1, 0.15) is 77.1 Å². The zero-order valence-electron chi connectivity index (χ0n) is 34.0. The number of H-pyrrole nitrogens is 2. The Morgan fingerprint density at radius 3 is 1.93 bits per heavy atom. The van der Waals surface area contributed by atoms with Crippen molar-refractivity contribution in [3.05, 3.63) is 72.3 Å². The summed E-state index contributed by atoms with van der Waals surface area (Å²) in [6, 6.07) is 17.9. The van der Waals surface area contributed by atoms with E-state index in [0.717, 1.165) is 64.1 Å². The highest BCUT2D eigenvalue weighted by Crippen LogP contribution is 2.55. The Balaban J connectivity index is 0.916. The van der Waals surface area contributed by atoms with Gasteiger partial charge in [-0.15, -0.1) is 0 Å². The molecule has 2 aliphatic carbocycles. The Hall–Kier alpha value is -6.12. The summed E-state index contributed by atoms with van der Waals surface area (Å²) in [7, 11) is 2.76. The minimum Gasteiger partial charge on any atom is -0.465 e. The summed E-state index contributed by atoms with van der Waals surface area (Å²) in [5.41, 5.74) is 5.10. The second-order valence-electron chi connectivity index (χ2n) is 17.3. The molecule has 2 aromatic heterocycles. The van der Waals surface area contributed by atoms with Gasteiger partial charge in [-0.05, 0) is 96.9 Å². The molecule has 4 heterocycles. The first-order valence-corrected chi connectivity index (χ1v) is 20.5. The van der Waals surface area contributed by atoms with Crippen LogP contribution in [0.15, 0.2) is 60.7 Å². The van der Waals surface area contributed by atoms with Gasteiger partial charge in [-0.3, -0.25) is 14.5 Å². The second-order valence-corrected chi connectivity index (χ2v) is 17.3. The van der Waals surface area contributed by atoms with Gasteiger partial charge in [0.1, 0.15) is 35.2 Å². The summed E-state index contributed by atoms with van der Waals surface area (Å²) in [5.74, 6) is 2.92. The van der Waals surface area contributed by atoms with E-state index in [2.05, 4.69) is 15.3 Å². The number of hydrogen-bond acceptors (Lipinski definition) is 8. The maximum absolute atomic E-state index is 13.9. The van der Waals surface area contributed by atoms with Crippen molar-refractivity contribution in [2.45, 2.75) is 89.6 Å². The number of likely N-dealkylation sites (tertiary alicyclic amines) is 2. The predicted molar refractivity (Wildman–Crippen MR) is 218 cm³/mol. The molecule has 4 amide bonds. The third kappa shape index (κ3) is 6.99. The number of rotatable bonds is 11. The highest BCUT2D eigenvalue weighted by Gasteiger charge is 2.57. The molecule has 15 nitrogen and oxygen atoms in total. The lowest BCUT2D eigenvalue weighted by atomic mass is 10.0. The maximum Gasteiger partial charge on any atom is 0.407 e. The van der Waals surface area contributed by atoms with Crippen LogP contribution in [-0.4, -0.2) is 102 Å². The SMILES string of the molecule is COC(=O)N[C@@H](C(=O)N1[C@@H]2C[C@@H]2C[C@H]1c1nc2cc(-c3cccc(Oc4ccc5[nH]c([C@@H]6C[C@H]7C[C@H]7N6C(=O)[C@@H](C(C)C)N(C)C(=O)O)nc5c4)c3)ccc2[nH]1)C(C)C. The highest BCUT2D eigenvalue weighted by atomic mass is 16.5. The van der Waals surface area contributed by atoms with Crippen LogP contribution < -0.4 is 10.1 Å². The molecule has 8 atom stereocenters. The van der Waals surface area contributed by atoms with Crippen molar-refractivity contribution in [2.24, 2.45) is 23.7 Å². The highest BCUT2D eigenvalue weighted by molar-refractivity contribution is 5.88. The molecule has 308 valence electrons. The van der Waals surface area contributed by atoms with Crippen LogP contribution in [0, 0.1) is 23.7 Å². The molecule has 2 saturated heterocycles. The van der Waals surface area contributed by atoms with E-state index < -0.39 is 24.3 Å². The summed E-state index contributed by atoms with van der Waals surface area (Å²) < 4.78 is 11.2. The number of likely N-dealkylation sites (N-methyl/N-ethyl adjacent to an activating group) is 1. The lowest BCUT2D eigenvalue weighted by Crippen LogP contribution is -2.52. The number of carbonyl (C=O) groups is 4. The third-order valence-electron chi connectivity index (χ3n) is 12.7. The molecule has 5 aromatic rings. The van der Waals surface area contributed by atoms with E-state index in [-0.39, 0.29) is 47.8 Å². The Kier molecular flexibility index (Phi) is 9.51. The molecule has 4 aliphatic rings. The average molecular weight is 803 g/mol. The van der Waals surface area contributed by atoms with Gasteiger partial charge in [-0.1, -0.05) is 45.9 Å². The number of benzene rings is 3. The van der Waals surface area contributed by atoms with Gasteiger partial charge in [-0.2, -0.15) is 0 Å². The summed E-state index contributed by atoms with van der Waals surface area (Å²) in [6.07, 6.45) is 1.75. The Bertz CT molecular complexity index is 2480. The topological polar surface area (TPSA) is 186 Å². The van der Waals surface area contributed by atoms with Crippen molar-refractivity contribution >= 4 is 46.1 Å². The maximum atomic E-state index is 13.9. The number of imidazole rings is 2. The fourth-order valence-corrected chi connectivity index (χ4v) is 9.53. The average Bonchev–Trinajstić information content (AvgIpc) is 3.87. The molecule has 4 fully saturated rings. The van der Waals surface area contributed by atoms with Gasteiger partial charge in [-0.25, -0.2) is 19.6 Å². The van der Waals surface area contributed by atoms with Crippen molar-refractivity contribution < 1.29 is 33.8 Å². The van der Waals surface area contributed by atoms with E-state index in [1.807, 2.05) is 98.2 Å². The van der Waals surface area contributed by atoms with E-state index in [1.54, 1.807) is 0 Å². The number of amides is 4. The van der Waals surface area contributed by atoms with Crippen LogP contribution in [0.25, 0.3) is 33.2 Å². The minimum atomic E-state index is -1.12. The second kappa shape index (κ2) is 14.6. The molecule has 0 unspecified atom stereocenters. The van der Waals surface area contributed by atoms with Crippen LogP contribution in [0.5, 0.6) is 11.5 Å². The van der Waals surface area contributed by atoms with Crippen LogP contribution in [-0.2, 0) is 14.3 Å². The lowest BCUT2D eigenvalue weighted by Gasteiger charge is -2.35. The van der Waals surface area contributed by atoms with Gasteiger partial charge >= 0.3 is 12.2 Å². The predicted octanol–water partition coefficient (Wildman–Crippen LogP) is 7.24. The molecule has 0 radical (unpaired) electrons. The first kappa shape index (κ1) is 38.4. The third-order valence-corrected chi connectivity index (χ3v) is 12.7. The van der Waals surface area contributed by atoms with E-state index >= 15 is 0 Å². The largest absolute Gasteiger partial charge is 0.465 e. The van der Waals surface area contributed by atoms with Crippen molar-refractivity contribution in [1.29, 1.82) is 0 Å². The molecule has 9 rings (SSSR count). The number of hydrogen-bond donors (Lipinski definition) is 4. The number of methoxy groups -OCH3 is 1. The number of carboxylic acid groups (broad SMARTS) is 1. The lowest BCUT2D eigenvalue weighted by molar-refractivity contribution is -0.140. The van der Waals surface area contributed by atoms with Crippen molar-refractivity contribution in [1.82, 2.24) is 40.0 Å². The molecule has 2 saturated carbocycles. The molecule has 4 N–H and O–H groups in total. The van der Waals surface area contributed by atoms with Gasteiger partial charge in [0.2, 0.25) is 11.8 Å². The van der Waals surface area contributed by atoms with Crippen LogP contribution in [0.4, 0.5) is 9.59 Å². The Labute approximate surface area is 341 Å². The normalized spacial score (nSPS) is 23.9. The first-order valence-electron chi connectivity index (χ1n) is 20.5. The molecule has 3 aromatic carbocycles. The molecule has 0 bridgehead atoms. The molecular formula is C44H50N8O7. The summed E-state index contributed by atoms with van der Waals surface area (Å²) in [6.45, 7) is 7.58. The zero-order valence-corrected chi connectivity index (χ0v) is 34.0. The van der Waals surface area contributed by atoms with E-state index in [0.29, 0.717) is 34.7 Å². The number of fused-ring (bicyclic) bond motifs is 4. The van der Waals surface area contributed by atoms with E-state index in [4.69, 9.17) is 19.4 Å². The smallest absolute Gasteiger partial charge is 0.407 e. The van der Waals surface area contributed by atoms with Crippen LogP contribution in [0.2, 0.25) is 0 Å². The molecule has 15 heteroatoms. The van der Waals surface area contributed by atoms with Gasteiger partial charge in [0.05, 0.1) is 41.3 Å². The molecule has 0 spiro atoms. The summed E-state index contributed by atoms with van der Waals surface area (Å²) >= 11 is 0. The number of alkyl carbamates (subject to hydrolysis) is 1. The number of ether oxygens (including phenoxy) is 2. The summed E-state index contributed by atoms with van der Waals surface area (Å²) in [4.78, 5) is 73.5. The molecular weight excluding hydrogens is 753 g/mol. The van der Waals surface area contributed by atoms with Crippen molar-refractivity contribution in [2.75, 3.05) is 14.2 Å². The van der Waals surface area contributed by atoms with Gasteiger partial charge in [0.15, 0.2) is 0 Å². The molecule has 2 aliphatic heterocycles. The fourth-order valence-electron chi connectivity index (χ4n) is 9.53. The number of nitrogens with one attached hydrogen (secondary N) is 3. The first-order chi connectivity index (χ1) is 28.3. The Morgan fingerprint density at radius 1 is 0.763 bits per heavy atom. The fraction of sp³-hybridized carbons (Fsp3) is 0.455. The standard InChI is InChI=1S/C44H50N8O7/c1-21(2)37(49-43(55)58-6)41(53)51-33-16-25(33)18-35(51)39-45-29-12-10-24(15-31(29)47-39)23-8-7-9-27(14-23)59-28-11-13-30-32(20-28)48-40(46-30)36-19-26-17-34(26)52(36)42(54)38(22(3)4)50(5)44(56)57/h7-15,20-22,25-26,33-38H,16-19H2,1-6H3,(H,45,47)(H,46,48)(H,49,55)(H,56,57)/t25-,26-,33-,34-,35+,36+,37-,38-/m1/s1. The number of nitrogens with zero attached hydrogens (tertiary/aromatic N) is 5. The van der Waals surface area contributed by atoms with Crippen LogP contribution in [0.3, 0.4) is 0 Å². The quantitative estimate of drug-likeness (QED) is 0.107. The number of aromatic nitrogens is 4. The van der Waals surface area contributed by atoms with Crippen LogP contribution >= 0.6 is 0 Å². The minimum absolute atomic E-state index is 0.103. The number of carbonyl (C=O) groups excluding carboxylic acids is 3. The van der Waals surface area contributed by atoms with E-state index in [1.165, 1.54) is 14.2 Å². The van der Waals surface area contributed by atoms with Gasteiger partial charge in [0.25, 0.3) is 0 Å². The number of piperidine rings is 2. The van der Waals surface area contributed by atoms with E-state index in [9.17, 15) is 24.3 Å². The van der Waals surface area contributed by atoms with Gasteiger partial charge in [0, 0.05) is 25.2 Å². The summed E-state index contributed by atoms with van der Waals surface area (Å²) in [5, 5.41) is 12.4. The monoisotopic (exact) mass is 802 g/mol. The van der Waals surface area contributed by atoms with Crippen molar-refractivity contribution in [3.63, 3.8) is 0 Å². The van der Waals surface area contributed by atoms with Crippen molar-refractivity contribution in [3.8, 4) is 22.6 Å². The van der Waals surface area contributed by atoms with Gasteiger partial charge < -0.3 is 39.7 Å². The molecule has 59 heavy (non-hydrogen) atoms. The Morgan fingerprint density at radius 2 is 1.34 bits per heavy atom. The zero-order chi connectivity index (χ0) is 41.4.